The van der Waals surface area contributed by atoms with Crippen molar-refractivity contribution < 1.29 is 0 Å². The minimum absolute atomic E-state index is 1.33. The van der Waals surface area contributed by atoms with Gasteiger partial charge in [-0.05, 0) is 49.6 Å². The lowest BCUT2D eigenvalue weighted by atomic mass is 9.92. The SMILES string of the molecule is CC(C)=C1c2ccccc2Sc2ccc(C)cc21. The first-order valence-electron chi connectivity index (χ1n) is 6.22. The maximum absolute atomic E-state index is 2.31. The molecule has 2 aromatic carbocycles. The van der Waals surface area contributed by atoms with Gasteiger partial charge in [-0.2, -0.15) is 0 Å². The number of allylic oxidation sites excluding steroid dienone is 1. The van der Waals surface area contributed by atoms with E-state index in [9.17, 15) is 0 Å². The van der Waals surface area contributed by atoms with Gasteiger partial charge in [0, 0.05) is 9.79 Å². The third-order valence-corrected chi connectivity index (χ3v) is 4.43. The minimum atomic E-state index is 1.33. The fourth-order valence-corrected chi connectivity index (χ4v) is 3.56. The molecule has 1 heteroatoms. The molecule has 0 aliphatic carbocycles. The second-order valence-corrected chi connectivity index (χ2v) is 6.06. The lowest BCUT2D eigenvalue weighted by molar-refractivity contribution is 1.24. The largest absolute Gasteiger partial charge is 0.0888 e. The fraction of sp³-hybridized carbons (Fsp3) is 0.176. The van der Waals surface area contributed by atoms with E-state index in [-0.39, 0.29) is 0 Å². The summed E-state index contributed by atoms with van der Waals surface area (Å²) in [6.07, 6.45) is 0. The van der Waals surface area contributed by atoms with E-state index in [0.29, 0.717) is 0 Å². The Balaban J connectivity index is 2.32. The summed E-state index contributed by atoms with van der Waals surface area (Å²) in [4.78, 5) is 2.74. The van der Waals surface area contributed by atoms with Crippen LogP contribution in [0, 0.1) is 6.92 Å². The first-order valence-corrected chi connectivity index (χ1v) is 7.04. The topological polar surface area (TPSA) is 0 Å². The number of fused-ring (bicyclic) bond motifs is 2. The second kappa shape index (κ2) is 4.33. The number of benzene rings is 2. The van der Waals surface area contributed by atoms with Crippen molar-refractivity contribution >= 4 is 17.3 Å². The molecule has 0 fully saturated rings. The first kappa shape index (κ1) is 11.6. The molecule has 0 aromatic heterocycles. The maximum atomic E-state index is 2.31. The molecule has 1 heterocycles. The molecule has 18 heavy (non-hydrogen) atoms. The van der Waals surface area contributed by atoms with E-state index >= 15 is 0 Å². The van der Waals surface area contributed by atoms with E-state index in [1.807, 2.05) is 11.8 Å². The van der Waals surface area contributed by atoms with E-state index < -0.39 is 0 Å². The highest BCUT2D eigenvalue weighted by Gasteiger charge is 2.21. The zero-order valence-corrected chi connectivity index (χ0v) is 11.8. The first-order chi connectivity index (χ1) is 8.66. The number of rotatable bonds is 0. The van der Waals surface area contributed by atoms with Gasteiger partial charge >= 0.3 is 0 Å². The van der Waals surface area contributed by atoms with Gasteiger partial charge in [-0.3, -0.25) is 0 Å². The van der Waals surface area contributed by atoms with Gasteiger partial charge in [0.2, 0.25) is 0 Å². The van der Waals surface area contributed by atoms with Crippen LogP contribution in [0.15, 0.2) is 57.8 Å². The van der Waals surface area contributed by atoms with Crippen LogP contribution >= 0.6 is 11.8 Å². The van der Waals surface area contributed by atoms with Gasteiger partial charge in [0.15, 0.2) is 0 Å². The summed E-state index contributed by atoms with van der Waals surface area (Å²) >= 11 is 1.88. The van der Waals surface area contributed by atoms with E-state index in [0.717, 1.165) is 0 Å². The maximum Gasteiger partial charge on any atom is 0.0201 e. The van der Waals surface area contributed by atoms with Crippen LogP contribution in [0.25, 0.3) is 5.57 Å². The minimum Gasteiger partial charge on any atom is -0.0888 e. The molecule has 3 rings (SSSR count). The average molecular weight is 252 g/mol. The zero-order chi connectivity index (χ0) is 12.7. The fourth-order valence-electron chi connectivity index (χ4n) is 2.49. The highest BCUT2D eigenvalue weighted by atomic mass is 32.2. The molecule has 1 aliphatic heterocycles. The Labute approximate surface area is 113 Å². The average Bonchev–Trinajstić information content (AvgIpc) is 2.35. The van der Waals surface area contributed by atoms with E-state index in [1.54, 1.807) is 0 Å². The van der Waals surface area contributed by atoms with Gasteiger partial charge in [-0.1, -0.05) is 53.2 Å². The molecule has 0 radical (unpaired) electrons. The van der Waals surface area contributed by atoms with Crippen LogP contribution in [0.3, 0.4) is 0 Å². The lowest BCUT2D eigenvalue weighted by Gasteiger charge is -2.23. The molecule has 0 unspecified atom stereocenters. The molecule has 0 nitrogen and oxygen atoms in total. The highest BCUT2D eigenvalue weighted by molar-refractivity contribution is 7.99. The third kappa shape index (κ3) is 1.79. The van der Waals surface area contributed by atoms with Crippen molar-refractivity contribution in [2.24, 2.45) is 0 Å². The molecule has 1 aliphatic rings. The van der Waals surface area contributed by atoms with Crippen molar-refractivity contribution in [3.05, 3.63) is 64.7 Å². The normalized spacial score (nSPS) is 12.9. The second-order valence-electron chi connectivity index (χ2n) is 4.97. The van der Waals surface area contributed by atoms with Gasteiger partial charge in [0.05, 0.1) is 0 Å². The Morgan fingerprint density at radius 3 is 2.39 bits per heavy atom. The summed E-state index contributed by atoms with van der Waals surface area (Å²) in [5.41, 5.74) is 6.88. The monoisotopic (exact) mass is 252 g/mol. The molecule has 90 valence electrons. The summed E-state index contributed by atoms with van der Waals surface area (Å²) in [6, 6.07) is 15.4. The van der Waals surface area contributed by atoms with Crippen molar-refractivity contribution in [1.29, 1.82) is 0 Å². The van der Waals surface area contributed by atoms with Crippen LogP contribution in [0.2, 0.25) is 0 Å². The Hall–Kier alpha value is -1.47. The molecule has 0 amide bonds. The van der Waals surface area contributed by atoms with Gasteiger partial charge in [0.1, 0.15) is 0 Å². The van der Waals surface area contributed by atoms with E-state index in [1.165, 1.54) is 37.6 Å². The van der Waals surface area contributed by atoms with Crippen LogP contribution in [0.5, 0.6) is 0 Å². The lowest BCUT2D eigenvalue weighted by Crippen LogP contribution is -2.00. The molecular weight excluding hydrogens is 236 g/mol. The van der Waals surface area contributed by atoms with Gasteiger partial charge < -0.3 is 0 Å². The predicted octanol–water partition coefficient (Wildman–Crippen LogP) is 5.30. The Morgan fingerprint density at radius 1 is 0.889 bits per heavy atom. The molecule has 0 atom stereocenters. The van der Waals surface area contributed by atoms with Crippen LogP contribution in [0.4, 0.5) is 0 Å². The van der Waals surface area contributed by atoms with Crippen molar-refractivity contribution in [1.82, 2.24) is 0 Å². The summed E-state index contributed by atoms with van der Waals surface area (Å²) in [5.74, 6) is 0. The number of aryl methyl sites for hydroxylation is 1. The van der Waals surface area contributed by atoms with Gasteiger partial charge in [0.25, 0.3) is 0 Å². The predicted molar refractivity (Wildman–Crippen MR) is 79.1 cm³/mol. The Kier molecular flexibility index (Phi) is 2.79. The van der Waals surface area contributed by atoms with Crippen molar-refractivity contribution in [3.8, 4) is 0 Å². The summed E-state index contributed by atoms with van der Waals surface area (Å²) in [5, 5.41) is 0. The molecule has 0 N–H and O–H groups in total. The summed E-state index contributed by atoms with van der Waals surface area (Å²) < 4.78 is 0. The van der Waals surface area contributed by atoms with E-state index in [4.69, 9.17) is 0 Å². The molecule has 2 aromatic rings. The quantitative estimate of drug-likeness (QED) is 0.523. The van der Waals surface area contributed by atoms with Crippen molar-refractivity contribution in [2.45, 2.75) is 30.6 Å². The molecule has 0 saturated heterocycles. The van der Waals surface area contributed by atoms with Crippen LogP contribution in [0.1, 0.15) is 30.5 Å². The standard InChI is InChI=1S/C17H16S/c1-11(2)17-13-6-4-5-7-15(13)18-16-9-8-12(3)10-14(16)17/h4-10H,1-3H3. The number of hydrogen-bond acceptors (Lipinski definition) is 1. The van der Waals surface area contributed by atoms with Crippen molar-refractivity contribution in [2.75, 3.05) is 0 Å². The zero-order valence-electron chi connectivity index (χ0n) is 10.9. The number of hydrogen-bond donors (Lipinski definition) is 0. The Bertz CT molecular complexity index is 646. The molecule has 0 saturated carbocycles. The molecule has 0 bridgehead atoms. The third-order valence-electron chi connectivity index (χ3n) is 3.28. The molecular formula is C17H16S. The molecule has 0 spiro atoms. The Morgan fingerprint density at radius 2 is 1.61 bits per heavy atom. The van der Waals surface area contributed by atoms with Crippen LogP contribution < -0.4 is 0 Å². The van der Waals surface area contributed by atoms with Gasteiger partial charge in [-0.25, -0.2) is 0 Å². The highest BCUT2D eigenvalue weighted by Crippen LogP contribution is 2.46. The van der Waals surface area contributed by atoms with E-state index in [2.05, 4.69) is 63.2 Å². The smallest absolute Gasteiger partial charge is 0.0201 e. The van der Waals surface area contributed by atoms with Crippen LogP contribution in [-0.4, -0.2) is 0 Å². The van der Waals surface area contributed by atoms with Crippen LogP contribution in [-0.2, 0) is 0 Å². The summed E-state index contributed by atoms with van der Waals surface area (Å²) in [7, 11) is 0. The van der Waals surface area contributed by atoms with Gasteiger partial charge in [-0.15, -0.1) is 0 Å². The van der Waals surface area contributed by atoms with Crippen molar-refractivity contribution in [3.63, 3.8) is 0 Å². The summed E-state index contributed by atoms with van der Waals surface area (Å²) in [6.45, 7) is 6.57.